The number of hydrogen-bond acceptors (Lipinski definition) is 5. The summed E-state index contributed by atoms with van der Waals surface area (Å²) < 4.78 is 23.8. The first kappa shape index (κ1) is 20.8. The van der Waals surface area contributed by atoms with E-state index in [4.69, 9.17) is 38.4 Å². The standard InChI is InChI=1S/C16H23Cl2FN2O3/c1-9(2)7-5-4-6-8-23-16(22)10(3)24-15-12(18)13(20)11(17)14(19)21-15/h9-10H,4-8H2,1-3H3,(H2,20,21)/t10-/m1/s1. The molecule has 2 N–H and O–H groups in total. The molecule has 1 atom stereocenters. The first-order chi connectivity index (χ1) is 11.2. The van der Waals surface area contributed by atoms with Gasteiger partial charge in [0.05, 0.1) is 12.3 Å². The molecule has 0 fully saturated rings. The van der Waals surface area contributed by atoms with E-state index in [0.29, 0.717) is 12.5 Å². The molecular weight excluding hydrogens is 358 g/mol. The SMILES string of the molecule is CC(C)CCCCCOC(=O)[C@@H](C)Oc1nc(F)c(Cl)c(N)c1Cl. The lowest BCUT2D eigenvalue weighted by atomic mass is 10.1. The number of anilines is 1. The van der Waals surface area contributed by atoms with E-state index in [1.807, 2.05) is 0 Å². The topological polar surface area (TPSA) is 74.4 Å². The Morgan fingerprint density at radius 2 is 1.88 bits per heavy atom. The number of nitrogens with zero attached hydrogens (tertiary/aromatic N) is 1. The zero-order valence-electron chi connectivity index (χ0n) is 14.1. The van der Waals surface area contributed by atoms with Gasteiger partial charge in [0.1, 0.15) is 10.0 Å². The van der Waals surface area contributed by atoms with Crippen molar-refractivity contribution in [2.45, 2.75) is 52.6 Å². The number of nitrogens with two attached hydrogens (primary N) is 1. The lowest BCUT2D eigenvalue weighted by molar-refractivity contribution is -0.151. The van der Waals surface area contributed by atoms with Crippen molar-refractivity contribution in [3.05, 3.63) is 16.0 Å². The highest BCUT2D eigenvalue weighted by Crippen LogP contribution is 2.35. The van der Waals surface area contributed by atoms with Gasteiger partial charge in [-0.2, -0.15) is 9.37 Å². The van der Waals surface area contributed by atoms with Gasteiger partial charge in [-0.3, -0.25) is 0 Å². The molecule has 0 saturated carbocycles. The van der Waals surface area contributed by atoms with Gasteiger partial charge in [0.2, 0.25) is 11.8 Å². The predicted octanol–water partition coefficient (Wildman–Crippen LogP) is 4.64. The van der Waals surface area contributed by atoms with Gasteiger partial charge in [-0.1, -0.05) is 56.3 Å². The summed E-state index contributed by atoms with van der Waals surface area (Å²) in [6, 6.07) is 0. The Morgan fingerprint density at radius 3 is 2.50 bits per heavy atom. The van der Waals surface area contributed by atoms with Crippen LogP contribution in [-0.4, -0.2) is 23.7 Å². The Bertz CT molecular complexity index is 571. The minimum atomic E-state index is -1.01. The molecule has 1 heterocycles. The van der Waals surface area contributed by atoms with Crippen LogP contribution >= 0.6 is 23.2 Å². The van der Waals surface area contributed by atoms with Crippen LogP contribution in [0.3, 0.4) is 0 Å². The molecule has 0 bridgehead atoms. The van der Waals surface area contributed by atoms with E-state index in [0.717, 1.165) is 25.7 Å². The molecule has 0 aliphatic carbocycles. The molecule has 0 unspecified atom stereocenters. The summed E-state index contributed by atoms with van der Waals surface area (Å²) in [4.78, 5) is 15.3. The summed E-state index contributed by atoms with van der Waals surface area (Å²) >= 11 is 11.5. The molecule has 0 aliphatic heterocycles. The number of ether oxygens (including phenoxy) is 2. The molecule has 8 heteroatoms. The van der Waals surface area contributed by atoms with Gasteiger partial charge in [0.25, 0.3) is 0 Å². The Morgan fingerprint density at radius 1 is 1.21 bits per heavy atom. The third-order valence-electron chi connectivity index (χ3n) is 3.33. The van der Waals surface area contributed by atoms with Crippen molar-refractivity contribution < 1.29 is 18.7 Å². The molecular formula is C16H23Cl2FN2O3. The van der Waals surface area contributed by atoms with Crippen molar-refractivity contribution in [2.24, 2.45) is 5.92 Å². The number of rotatable bonds is 9. The van der Waals surface area contributed by atoms with Gasteiger partial charge < -0.3 is 15.2 Å². The molecule has 0 saturated heterocycles. The number of unbranched alkanes of at least 4 members (excludes halogenated alkanes) is 2. The van der Waals surface area contributed by atoms with Gasteiger partial charge in [-0.15, -0.1) is 0 Å². The molecule has 0 amide bonds. The molecule has 1 aromatic rings. The van der Waals surface area contributed by atoms with Crippen molar-refractivity contribution in [1.82, 2.24) is 4.98 Å². The smallest absolute Gasteiger partial charge is 0.347 e. The Labute approximate surface area is 151 Å². The van der Waals surface area contributed by atoms with E-state index in [9.17, 15) is 9.18 Å². The van der Waals surface area contributed by atoms with Crippen molar-refractivity contribution in [3.8, 4) is 5.88 Å². The van der Waals surface area contributed by atoms with Crippen molar-refractivity contribution in [3.63, 3.8) is 0 Å². The second kappa shape index (κ2) is 9.89. The van der Waals surface area contributed by atoms with Crippen LogP contribution in [0.25, 0.3) is 0 Å². The number of halogens is 3. The van der Waals surface area contributed by atoms with Crippen LogP contribution in [0.5, 0.6) is 5.88 Å². The molecule has 136 valence electrons. The van der Waals surface area contributed by atoms with Gasteiger partial charge >= 0.3 is 5.97 Å². The molecule has 0 aliphatic rings. The fourth-order valence-electron chi connectivity index (χ4n) is 1.93. The summed E-state index contributed by atoms with van der Waals surface area (Å²) in [5, 5.41) is -0.529. The summed E-state index contributed by atoms with van der Waals surface area (Å²) in [5.74, 6) is -1.21. The minimum absolute atomic E-state index is 0.144. The van der Waals surface area contributed by atoms with Crippen molar-refractivity contribution in [2.75, 3.05) is 12.3 Å². The molecule has 5 nitrogen and oxygen atoms in total. The number of aromatic nitrogens is 1. The van der Waals surface area contributed by atoms with Gasteiger partial charge in [-0.05, 0) is 19.3 Å². The van der Waals surface area contributed by atoms with E-state index < -0.39 is 18.0 Å². The zero-order chi connectivity index (χ0) is 18.3. The highest BCUT2D eigenvalue weighted by molar-refractivity contribution is 6.39. The Kier molecular flexibility index (Phi) is 8.56. The number of esters is 1. The maximum Gasteiger partial charge on any atom is 0.347 e. The fraction of sp³-hybridized carbons (Fsp3) is 0.625. The van der Waals surface area contributed by atoms with Crippen LogP contribution < -0.4 is 10.5 Å². The summed E-state index contributed by atoms with van der Waals surface area (Å²) in [5.41, 5.74) is 5.35. The quantitative estimate of drug-likeness (QED) is 0.383. The predicted molar refractivity (Wildman–Crippen MR) is 93.0 cm³/mol. The fourth-order valence-corrected chi connectivity index (χ4v) is 2.29. The van der Waals surface area contributed by atoms with Crippen LogP contribution in [0.1, 0.15) is 46.5 Å². The van der Waals surface area contributed by atoms with Crippen LogP contribution in [0.2, 0.25) is 10.0 Å². The molecule has 0 radical (unpaired) electrons. The third kappa shape index (κ3) is 6.32. The number of nitrogen functional groups attached to an aromatic ring is 1. The summed E-state index contributed by atoms with van der Waals surface area (Å²) in [7, 11) is 0. The van der Waals surface area contributed by atoms with E-state index >= 15 is 0 Å². The summed E-state index contributed by atoms with van der Waals surface area (Å²) in [6.07, 6.45) is 3.04. The Hall–Kier alpha value is -1.27. The van der Waals surface area contributed by atoms with E-state index in [2.05, 4.69) is 18.8 Å². The average molecular weight is 381 g/mol. The minimum Gasteiger partial charge on any atom is -0.463 e. The zero-order valence-corrected chi connectivity index (χ0v) is 15.6. The molecule has 0 aromatic carbocycles. The maximum absolute atomic E-state index is 13.5. The average Bonchev–Trinajstić information content (AvgIpc) is 2.53. The van der Waals surface area contributed by atoms with Crippen LogP contribution in [0.15, 0.2) is 0 Å². The number of carbonyl (C=O) groups excluding carboxylic acids is 1. The van der Waals surface area contributed by atoms with Gasteiger partial charge in [0, 0.05) is 0 Å². The monoisotopic (exact) mass is 380 g/mol. The van der Waals surface area contributed by atoms with Crippen molar-refractivity contribution >= 4 is 34.9 Å². The second-order valence-corrected chi connectivity index (χ2v) is 6.68. The molecule has 0 spiro atoms. The van der Waals surface area contributed by atoms with Crippen LogP contribution in [0, 0.1) is 11.9 Å². The highest BCUT2D eigenvalue weighted by Gasteiger charge is 2.22. The molecule has 1 rings (SSSR count). The first-order valence-corrected chi connectivity index (χ1v) is 8.62. The van der Waals surface area contributed by atoms with E-state index in [1.165, 1.54) is 6.92 Å². The normalized spacial score (nSPS) is 12.3. The van der Waals surface area contributed by atoms with Gasteiger partial charge in [0.15, 0.2) is 6.10 Å². The van der Waals surface area contributed by atoms with Crippen LogP contribution in [0.4, 0.5) is 10.1 Å². The first-order valence-electron chi connectivity index (χ1n) is 7.87. The number of hydrogen-bond donors (Lipinski definition) is 1. The molecule has 24 heavy (non-hydrogen) atoms. The van der Waals surface area contributed by atoms with Crippen LogP contribution in [-0.2, 0) is 9.53 Å². The lowest BCUT2D eigenvalue weighted by Gasteiger charge is -2.15. The van der Waals surface area contributed by atoms with E-state index in [1.54, 1.807) is 0 Å². The van der Waals surface area contributed by atoms with Gasteiger partial charge in [-0.25, -0.2) is 4.79 Å². The highest BCUT2D eigenvalue weighted by atomic mass is 35.5. The summed E-state index contributed by atoms with van der Waals surface area (Å²) in [6.45, 7) is 6.11. The van der Waals surface area contributed by atoms with E-state index in [-0.39, 0.29) is 21.6 Å². The Balaban J connectivity index is 2.45. The third-order valence-corrected chi connectivity index (χ3v) is 4.06. The number of pyridine rings is 1. The molecule has 1 aromatic heterocycles. The maximum atomic E-state index is 13.5. The van der Waals surface area contributed by atoms with Crippen molar-refractivity contribution in [1.29, 1.82) is 0 Å². The largest absolute Gasteiger partial charge is 0.463 e. The second-order valence-electron chi connectivity index (χ2n) is 5.92. The lowest BCUT2D eigenvalue weighted by Crippen LogP contribution is -2.27. The number of carbonyl (C=O) groups is 1.